The van der Waals surface area contributed by atoms with Crippen molar-refractivity contribution < 1.29 is 14.3 Å². The van der Waals surface area contributed by atoms with Crippen LogP contribution in [0, 0.1) is 0 Å². The summed E-state index contributed by atoms with van der Waals surface area (Å²) in [6, 6.07) is 9.14. The quantitative estimate of drug-likeness (QED) is 0.648. The molecule has 0 unspecified atom stereocenters. The molecule has 24 heavy (non-hydrogen) atoms. The number of nitrogens with one attached hydrogen (secondary N) is 2. The van der Waals surface area contributed by atoms with Crippen LogP contribution in [0.2, 0.25) is 0 Å². The van der Waals surface area contributed by atoms with E-state index in [9.17, 15) is 4.79 Å². The summed E-state index contributed by atoms with van der Waals surface area (Å²) in [5.74, 6) is 0.370. The number of amides is 1. The first-order valence-corrected chi connectivity index (χ1v) is 7.55. The number of aromatic amines is 1. The predicted octanol–water partition coefficient (Wildman–Crippen LogP) is 1.91. The lowest BCUT2D eigenvalue weighted by Gasteiger charge is -2.07. The molecule has 3 rings (SSSR count). The Kier molecular flexibility index (Phi) is 5.02. The molecule has 0 aliphatic carbocycles. The number of rotatable bonds is 7. The third-order valence-corrected chi connectivity index (χ3v) is 3.51. The van der Waals surface area contributed by atoms with Crippen LogP contribution >= 0.6 is 0 Å². The van der Waals surface area contributed by atoms with E-state index in [2.05, 4.69) is 20.5 Å². The molecule has 124 valence electrons. The molecule has 0 bridgehead atoms. The number of H-pyrrole nitrogens is 1. The largest absolute Gasteiger partial charge is 0.475 e. The number of carbonyl (C=O) groups is 1. The summed E-state index contributed by atoms with van der Waals surface area (Å²) in [6.07, 6.45) is 3.37. The number of hydrogen-bond donors (Lipinski definition) is 2. The number of nitrogens with zero attached hydrogens (tertiary/aromatic N) is 2. The third-order valence-electron chi connectivity index (χ3n) is 3.51. The smallest absolute Gasteiger partial charge is 0.253 e. The molecule has 7 nitrogen and oxygen atoms in total. The van der Waals surface area contributed by atoms with Gasteiger partial charge in [-0.25, -0.2) is 4.98 Å². The molecule has 0 fully saturated rings. The Morgan fingerprint density at radius 2 is 2.12 bits per heavy atom. The second-order valence-electron chi connectivity index (χ2n) is 5.17. The minimum atomic E-state index is -0.162. The van der Waals surface area contributed by atoms with E-state index in [0.717, 1.165) is 16.5 Å². The van der Waals surface area contributed by atoms with Crippen LogP contribution in [0.25, 0.3) is 10.9 Å². The van der Waals surface area contributed by atoms with Gasteiger partial charge in [0.2, 0.25) is 5.88 Å². The number of aromatic nitrogens is 3. The van der Waals surface area contributed by atoms with E-state index in [1.165, 1.54) is 0 Å². The Morgan fingerprint density at radius 3 is 2.92 bits per heavy atom. The number of fused-ring (bicyclic) bond motifs is 1. The molecule has 2 aromatic heterocycles. The fraction of sp³-hybridized carbons (Fsp3) is 0.235. The average molecular weight is 326 g/mol. The summed E-state index contributed by atoms with van der Waals surface area (Å²) in [6.45, 7) is 1.35. The van der Waals surface area contributed by atoms with Crippen molar-refractivity contribution in [2.45, 2.75) is 6.54 Å². The van der Waals surface area contributed by atoms with E-state index in [1.807, 2.05) is 18.2 Å². The van der Waals surface area contributed by atoms with Gasteiger partial charge in [0.1, 0.15) is 6.61 Å². The molecule has 1 aromatic carbocycles. The van der Waals surface area contributed by atoms with Gasteiger partial charge in [-0.05, 0) is 11.6 Å². The first kappa shape index (κ1) is 15.9. The summed E-state index contributed by atoms with van der Waals surface area (Å²) < 4.78 is 10.3. The summed E-state index contributed by atoms with van der Waals surface area (Å²) in [5, 5.41) is 10.6. The van der Waals surface area contributed by atoms with E-state index in [-0.39, 0.29) is 5.91 Å². The van der Waals surface area contributed by atoms with Crippen molar-refractivity contribution >= 4 is 16.8 Å². The van der Waals surface area contributed by atoms with Crippen molar-refractivity contribution in [3.8, 4) is 5.88 Å². The lowest BCUT2D eigenvalue weighted by atomic mass is 10.1. The van der Waals surface area contributed by atoms with Crippen molar-refractivity contribution in [3.05, 3.63) is 53.9 Å². The van der Waals surface area contributed by atoms with Crippen LogP contribution in [0.3, 0.4) is 0 Å². The van der Waals surface area contributed by atoms with Gasteiger partial charge in [-0.3, -0.25) is 9.89 Å². The van der Waals surface area contributed by atoms with Crippen LogP contribution in [0.1, 0.15) is 15.9 Å². The highest BCUT2D eigenvalue weighted by molar-refractivity contribution is 6.05. The van der Waals surface area contributed by atoms with E-state index in [0.29, 0.717) is 31.2 Å². The molecule has 0 aliphatic heterocycles. The highest BCUT2D eigenvalue weighted by Crippen LogP contribution is 2.15. The molecule has 0 atom stereocenters. The summed E-state index contributed by atoms with van der Waals surface area (Å²) in [7, 11) is 1.62. The van der Waals surface area contributed by atoms with E-state index < -0.39 is 0 Å². The topological polar surface area (TPSA) is 89.1 Å². The van der Waals surface area contributed by atoms with Crippen LogP contribution in [-0.4, -0.2) is 41.4 Å². The first-order valence-electron chi connectivity index (χ1n) is 7.55. The minimum absolute atomic E-state index is 0.162. The van der Waals surface area contributed by atoms with Crippen LogP contribution in [-0.2, 0) is 11.3 Å². The Hall–Kier alpha value is -2.93. The van der Waals surface area contributed by atoms with Crippen LogP contribution in [0.15, 0.2) is 42.7 Å². The number of ether oxygens (including phenoxy) is 2. The SMILES string of the molecule is COCCOc1ccc(CNC(=O)c2cccc3cn[nH]c23)cn1. The lowest BCUT2D eigenvalue weighted by Crippen LogP contribution is -2.23. The van der Waals surface area contributed by atoms with Gasteiger partial charge in [0.05, 0.1) is 23.9 Å². The van der Waals surface area contributed by atoms with Crippen molar-refractivity contribution in [1.82, 2.24) is 20.5 Å². The Labute approximate surface area is 139 Å². The molecule has 7 heteroatoms. The third kappa shape index (κ3) is 3.69. The molecule has 1 amide bonds. The van der Waals surface area contributed by atoms with E-state index in [1.54, 1.807) is 31.6 Å². The van der Waals surface area contributed by atoms with E-state index >= 15 is 0 Å². The van der Waals surface area contributed by atoms with Crippen molar-refractivity contribution in [2.24, 2.45) is 0 Å². The highest BCUT2D eigenvalue weighted by atomic mass is 16.5. The molecule has 2 heterocycles. The van der Waals surface area contributed by atoms with Gasteiger partial charge in [-0.1, -0.05) is 18.2 Å². The van der Waals surface area contributed by atoms with Gasteiger partial charge in [0, 0.05) is 31.3 Å². The maximum absolute atomic E-state index is 12.4. The molecule has 0 radical (unpaired) electrons. The monoisotopic (exact) mass is 326 g/mol. The lowest BCUT2D eigenvalue weighted by molar-refractivity contribution is 0.0952. The maximum Gasteiger partial charge on any atom is 0.253 e. The number of pyridine rings is 1. The zero-order chi connectivity index (χ0) is 16.8. The molecule has 2 N–H and O–H groups in total. The van der Waals surface area contributed by atoms with Gasteiger partial charge in [0.25, 0.3) is 5.91 Å². The van der Waals surface area contributed by atoms with Gasteiger partial charge in [-0.2, -0.15) is 5.10 Å². The number of methoxy groups -OCH3 is 1. The molecule has 3 aromatic rings. The fourth-order valence-electron chi connectivity index (χ4n) is 2.27. The van der Waals surface area contributed by atoms with Gasteiger partial charge in [0.15, 0.2) is 0 Å². The van der Waals surface area contributed by atoms with Gasteiger partial charge >= 0.3 is 0 Å². The zero-order valence-electron chi connectivity index (χ0n) is 13.3. The Bertz CT molecular complexity index is 814. The number of hydrogen-bond acceptors (Lipinski definition) is 5. The van der Waals surface area contributed by atoms with E-state index in [4.69, 9.17) is 9.47 Å². The number of para-hydroxylation sites is 1. The van der Waals surface area contributed by atoms with Crippen molar-refractivity contribution in [3.63, 3.8) is 0 Å². The molecule has 0 saturated heterocycles. The standard InChI is InChI=1S/C17H18N4O3/c1-23-7-8-24-15-6-5-12(9-18-15)10-19-17(22)14-4-2-3-13-11-20-21-16(13)14/h2-6,9,11H,7-8,10H2,1H3,(H,19,22)(H,20,21). The van der Waals surface area contributed by atoms with Crippen LogP contribution in [0.4, 0.5) is 0 Å². The number of carbonyl (C=O) groups excluding carboxylic acids is 1. The zero-order valence-corrected chi connectivity index (χ0v) is 13.3. The second-order valence-corrected chi connectivity index (χ2v) is 5.17. The average Bonchev–Trinajstić information content (AvgIpc) is 3.09. The van der Waals surface area contributed by atoms with Gasteiger partial charge < -0.3 is 14.8 Å². The molecular formula is C17H18N4O3. The summed E-state index contributed by atoms with van der Waals surface area (Å²) in [4.78, 5) is 16.6. The van der Waals surface area contributed by atoms with Crippen molar-refractivity contribution in [2.75, 3.05) is 20.3 Å². The highest BCUT2D eigenvalue weighted by Gasteiger charge is 2.11. The van der Waals surface area contributed by atoms with Crippen LogP contribution in [0.5, 0.6) is 5.88 Å². The molecule has 0 spiro atoms. The second kappa shape index (κ2) is 7.56. The predicted molar refractivity (Wildman–Crippen MR) is 88.9 cm³/mol. The first-order chi connectivity index (χ1) is 11.8. The van der Waals surface area contributed by atoms with Gasteiger partial charge in [-0.15, -0.1) is 0 Å². The minimum Gasteiger partial charge on any atom is -0.475 e. The fourth-order valence-corrected chi connectivity index (χ4v) is 2.27. The molecular weight excluding hydrogens is 308 g/mol. The maximum atomic E-state index is 12.4. The Morgan fingerprint density at radius 1 is 1.21 bits per heavy atom. The summed E-state index contributed by atoms with van der Waals surface area (Å²) >= 11 is 0. The molecule has 0 saturated carbocycles. The van der Waals surface area contributed by atoms with Crippen molar-refractivity contribution in [1.29, 1.82) is 0 Å². The number of benzene rings is 1. The van der Waals surface area contributed by atoms with Crippen LogP contribution < -0.4 is 10.1 Å². The normalized spacial score (nSPS) is 10.7. The Balaban J connectivity index is 1.59. The summed E-state index contributed by atoms with van der Waals surface area (Å²) in [5.41, 5.74) is 2.19. The molecule has 0 aliphatic rings.